The fourth-order valence-corrected chi connectivity index (χ4v) is 4.36. The minimum absolute atomic E-state index is 0.0763. The Hall–Kier alpha value is -4.58. The van der Waals surface area contributed by atoms with E-state index in [4.69, 9.17) is 5.11 Å². The van der Waals surface area contributed by atoms with E-state index in [2.05, 4.69) is 10.5 Å². The van der Waals surface area contributed by atoms with Gasteiger partial charge in [0.15, 0.2) is 0 Å². The number of nitro groups is 1. The van der Waals surface area contributed by atoms with Crippen molar-refractivity contribution in [1.82, 2.24) is 5.43 Å². The van der Waals surface area contributed by atoms with E-state index in [1.54, 1.807) is 6.07 Å². The molecule has 3 aromatic carbocycles. The van der Waals surface area contributed by atoms with Crippen LogP contribution >= 0.6 is 0 Å². The number of hydrogen-bond donors (Lipinski definition) is 2. The Kier molecular flexibility index (Phi) is 7.33. The van der Waals surface area contributed by atoms with Gasteiger partial charge in [-0.25, -0.2) is 22.9 Å². The normalized spacial score (nSPS) is 11.2. The van der Waals surface area contributed by atoms with Crippen molar-refractivity contribution >= 4 is 39.5 Å². The van der Waals surface area contributed by atoms with E-state index in [1.807, 2.05) is 0 Å². The molecule has 0 spiro atoms. The van der Waals surface area contributed by atoms with E-state index in [0.29, 0.717) is 9.87 Å². The highest BCUT2D eigenvalue weighted by Crippen LogP contribution is 2.31. The SMILES string of the molecule is O=C(CN(c1ccccc1[N+](=O)[O-])S(=O)(=O)c1ccccc1)N/N=C\c1ccc(C(=O)O)cc1. The van der Waals surface area contributed by atoms with E-state index in [1.165, 1.54) is 72.9 Å². The summed E-state index contributed by atoms with van der Waals surface area (Å²) in [6, 6.07) is 18.1. The van der Waals surface area contributed by atoms with Crippen LogP contribution in [-0.4, -0.2) is 43.1 Å². The van der Waals surface area contributed by atoms with Crippen LogP contribution in [0.4, 0.5) is 11.4 Å². The minimum atomic E-state index is -4.33. The maximum absolute atomic E-state index is 13.3. The Morgan fingerprint density at radius 1 is 1.00 bits per heavy atom. The van der Waals surface area contributed by atoms with Crippen molar-refractivity contribution < 1.29 is 28.0 Å². The van der Waals surface area contributed by atoms with Gasteiger partial charge in [0.05, 0.1) is 21.6 Å². The van der Waals surface area contributed by atoms with Crippen LogP contribution in [-0.2, 0) is 14.8 Å². The summed E-state index contributed by atoms with van der Waals surface area (Å²) in [5.41, 5.74) is 1.97. The first-order chi connectivity index (χ1) is 16.2. The molecule has 0 bridgehead atoms. The van der Waals surface area contributed by atoms with E-state index < -0.39 is 39.1 Å². The van der Waals surface area contributed by atoms with Crippen LogP contribution in [0.25, 0.3) is 0 Å². The Labute approximate surface area is 194 Å². The molecule has 0 atom stereocenters. The second kappa shape index (κ2) is 10.4. The number of nitro benzene ring substituents is 1. The average molecular weight is 482 g/mol. The number of carboxylic acids is 1. The number of carbonyl (C=O) groups is 2. The van der Waals surface area contributed by atoms with Gasteiger partial charge < -0.3 is 5.11 Å². The molecule has 0 aliphatic heterocycles. The molecule has 0 aliphatic carbocycles. The van der Waals surface area contributed by atoms with E-state index in [0.717, 1.165) is 6.07 Å². The van der Waals surface area contributed by atoms with Crippen LogP contribution in [0.3, 0.4) is 0 Å². The van der Waals surface area contributed by atoms with Crippen molar-refractivity contribution in [3.63, 3.8) is 0 Å². The zero-order chi connectivity index (χ0) is 24.7. The number of nitrogens with zero attached hydrogens (tertiary/aromatic N) is 3. The molecule has 0 saturated heterocycles. The molecule has 0 fully saturated rings. The molecule has 0 saturated carbocycles. The molecule has 0 heterocycles. The lowest BCUT2D eigenvalue weighted by molar-refractivity contribution is -0.384. The Bertz CT molecular complexity index is 1340. The third kappa shape index (κ3) is 5.61. The van der Waals surface area contributed by atoms with Gasteiger partial charge in [-0.05, 0) is 35.9 Å². The number of amides is 1. The lowest BCUT2D eigenvalue weighted by Crippen LogP contribution is -2.39. The third-order valence-electron chi connectivity index (χ3n) is 4.53. The quantitative estimate of drug-likeness (QED) is 0.269. The highest BCUT2D eigenvalue weighted by Gasteiger charge is 2.31. The second-order valence-corrected chi connectivity index (χ2v) is 8.65. The van der Waals surface area contributed by atoms with Crippen LogP contribution in [0, 0.1) is 10.1 Å². The first-order valence-corrected chi connectivity index (χ1v) is 11.1. The maximum atomic E-state index is 13.3. The summed E-state index contributed by atoms with van der Waals surface area (Å²) in [6.45, 7) is -0.780. The summed E-state index contributed by atoms with van der Waals surface area (Å²) >= 11 is 0. The van der Waals surface area contributed by atoms with Gasteiger partial charge in [0.25, 0.3) is 21.6 Å². The van der Waals surface area contributed by atoms with Gasteiger partial charge >= 0.3 is 5.97 Å². The van der Waals surface area contributed by atoms with Crippen molar-refractivity contribution in [1.29, 1.82) is 0 Å². The van der Waals surface area contributed by atoms with Crippen molar-refractivity contribution in [3.8, 4) is 0 Å². The van der Waals surface area contributed by atoms with Crippen molar-refractivity contribution in [2.24, 2.45) is 5.10 Å². The average Bonchev–Trinajstić information content (AvgIpc) is 2.83. The lowest BCUT2D eigenvalue weighted by Gasteiger charge is -2.23. The largest absolute Gasteiger partial charge is 0.478 e. The monoisotopic (exact) mass is 482 g/mol. The molecule has 34 heavy (non-hydrogen) atoms. The maximum Gasteiger partial charge on any atom is 0.335 e. The number of sulfonamides is 1. The number of carbonyl (C=O) groups excluding carboxylic acids is 1. The number of nitrogens with one attached hydrogen (secondary N) is 1. The Morgan fingerprint density at radius 3 is 2.24 bits per heavy atom. The molecule has 0 radical (unpaired) electrons. The van der Waals surface area contributed by atoms with Gasteiger partial charge in [0.2, 0.25) is 0 Å². The molecular weight excluding hydrogens is 464 g/mol. The van der Waals surface area contributed by atoms with Crippen LogP contribution in [0.2, 0.25) is 0 Å². The topological polar surface area (TPSA) is 159 Å². The van der Waals surface area contributed by atoms with Crippen LogP contribution in [0.5, 0.6) is 0 Å². The third-order valence-corrected chi connectivity index (χ3v) is 6.30. The summed E-state index contributed by atoms with van der Waals surface area (Å²) in [4.78, 5) is 34.0. The van der Waals surface area contributed by atoms with Crippen LogP contribution < -0.4 is 9.73 Å². The van der Waals surface area contributed by atoms with Crippen molar-refractivity contribution in [2.75, 3.05) is 10.8 Å². The van der Waals surface area contributed by atoms with Crippen molar-refractivity contribution in [3.05, 3.63) is 100 Å². The molecule has 3 rings (SSSR count). The predicted molar refractivity (Wildman–Crippen MR) is 123 cm³/mol. The molecule has 0 aliphatic rings. The van der Waals surface area contributed by atoms with Gasteiger partial charge in [-0.3, -0.25) is 14.9 Å². The number of carboxylic acid groups (broad SMARTS) is 1. The fraction of sp³-hybridized carbons (Fsp3) is 0.0455. The molecule has 3 aromatic rings. The lowest BCUT2D eigenvalue weighted by atomic mass is 10.1. The standard InChI is InChI=1S/C22H18N4O7S/c27-21(24-23-14-16-10-12-17(13-11-16)22(28)29)15-25(19-8-4-5-9-20(19)26(30)31)34(32,33)18-6-2-1-3-7-18/h1-14H,15H2,(H,24,27)(H,28,29)/b23-14-. The number of anilines is 1. The zero-order valence-corrected chi connectivity index (χ0v) is 18.3. The molecule has 2 N–H and O–H groups in total. The van der Waals surface area contributed by atoms with Gasteiger partial charge in [0.1, 0.15) is 12.2 Å². The van der Waals surface area contributed by atoms with Crippen LogP contribution in [0.1, 0.15) is 15.9 Å². The van der Waals surface area contributed by atoms with Gasteiger partial charge in [-0.1, -0.05) is 42.5 Å². The second-order valence-electron chi connectivity index (χ2n) is 6.79. The minimum Gasteiger partial charge on any atom is -0.478 e. The zero-order valence-electron chi connectivity index (χ0n) is 17.4. The van der Waals surface area contributed by atoms with E-state index in [9.17, 15) is 28.1 Å². The molecule has 0 aromatic heterocycles. The Morgan fingerprint density at radius 2 is 1.62 bits per heavy atom. The van der Waals surface area contributed by atoms with Gasteiger partial charge in [-0.15, -0.1) is 0 Å². The summed E-state index contributed by atoms with van der Waals surface area (Å²) in [7, 11) is -4.33. The highest BCUT2D eigenvalue weighted by atomic mass is 32.2. The Balaban J connectivity index is 1.86. The first-order valence-electron chi connectivity index (χ1n) is 9.66. The van der Waals surface area contributed by atoms with E-state index in [-0.39, 0.29) is 16.1 Å². The molecule has 0 unspecified atom stereocenters. The molecular formula is C22H18N4O7S. The number of benzene rings is 3. The number of hydrazone groups is 1. The smallest absolute Gasteiger partial charge is 0.335 e. The number of para-hydroxylation sites is 2. The number of hydrogen-bond acceptors (Lipinski definition) is 7. The summed E-state index contributed by atoms with van der Waals surface area (Å²) < 4.78 is 27.2. The summed E-state index contributed by atoms with van der Waals surface area (Å²) in [5, 5.41) is 24.2. The number of aromatic carboxylic acids is 1. The first kappa shape index (κ1) is 24.1. The molecule has 1 amide bonds. The molecule has 11 nitrogen and oxygen atoms in total. The van der Waals surface area contributed by atoms with Crippen molar-refractivity contribution in [2.45, 2.75) is 4.90 Å². The molecule has 12 heteroatoms. The van der Waals surface area contributed by atoms with Gasteiger partial charge in [0, 0.05) is 6.07 Å². The highest BCUT2D eigenvalue weighted by molar-refractivity contribution is 7.92. The van der Waals surface area contributed by atoms with E-state index >= 15 is 0 Å². The summed E-state index contributed by atoms with van der Waals surface area (Å²) in [6.07, 6.45) is 1.24. The van der Waals surface area contributed by atoms with Crippen LogP contribution in [0.15, 0.2) is 88.9 Å². The molecule has 174 valence electrons. The summed E-state index contributed by atoms with van der Waals surface area (Å²) in [5.74, 6) is -1.94. The predicted octanol–water partition coefficient (Wildman–Crippen LogP) is 2.64. The van der Waals surface area contributed by atoms with Gasteiger partial charge in [-0.2, -0.15) is 5.10 Å². The fourth-order valence-electron chi connectivity index (χ4n) is 2.91. The number of rotatable bonds is 9.